The molecule has 4 rings (SSSR count). The molecule has 0 aliphatic rings. The minimum Gasteiger partial charge on any atom is -0.350 e. The second kappa shape index (κ2) is 9.11. The molecular formula is C21H18N4O6S2. The molecule has 4 aromatic rings. The molecule has 0 aliphatic heterocycles. The fourth-order valence-electron chi connectivity index (χ4n) is 3.15. The fraction of sp³-hybridized carbons (Fsp3) is 0.0476. The molecule has 33 heavy (non-hydrogen) atoms. The van der Waals surface area contributed by atoms with Crippen LogP contribution in [0, 0.1) is 0 Å². The molecule has 170 valence electrons. The van der Waals surface area contributed by atoms with Crippen LogP contribution in [0.2, 0.25) is 0 Å². The smallest absolute Gasteiger partial charge is 0.325 e. The lowest BCUT2D eigenvalue weighted by Gasteiger charge is -2.14. The van der Waals surface area contributed by atoms with Gasteiger partial charge in [0.15, 0.2) is 0 Å². The standard InChI is InChI=1S/C21H18N4O6S2/c1-25(31-32(27)28)16-8-7-14-10-20(24-19(14)12-16)21(26)23-15-4-2-5-17(11-15)33(29,30)18-6-3-9-22-13-18/h2-13,24H,1H3,(H,23,26)(H,27,28). The maximum Gasteiger partial charge on any atom is 0.325 e. The van der Waals surface area contributed by atoms with E-state index in [4.69, 9.17) is 8.84 Å². The lowest BCUT2D eigenvalue weighted by molar-refractivity contribution is 0.102. The first-order valence-corrected chi connectivity index (χ1v) is 12.0. The van der Waals surface area contributed by atoms with E-state index in [0.29, 0.717) is 16.9 Å². The van der Waals surface area contributed by atoms with Crippen LogP contribution in [0.5, 0.6) is 0 Å². The van der Waals surface area contributed by atoms with E-state index in [1.165, 1.54) is 49.8 Å². The molecule has 0 fully saturated rings. The van der Waals surface area contributed by atoms with Crippen molar-refractivity contribution >= 4 is 49.4 Å². The monoisotopic (exact) mass is 486 g/mol. The zero-order valence-electron chi connectivity index (χ0n) is 17.1. The maximum atomic E-state index is 12.8. The summed E-state index contributed by atoms with van der Waals surface area (Å²) in [4.78, 5) is 19.7. The first-order valence-electron chi connectivity index (χ1n) is 9.46. The summed E-state index contributed by atoms with van der Waals surface area (Å²) in [5, 5.41) is 4.55. The maximum absolute atomic E-state index is 12.8. The zero-order chi connectivity index (χ0) is 23.6. The summed E-state index contributed by atoms with van der Waals surface area (Å²) < 4.78 is 50.0. The zero-order valence-corrected chi connectivity index (χ0v) is 18.8. The summed E-state index contributed by atoms with van der Waals surface area (Å²) in [7, 11) is -2.31. The van der Waals surface area contributed by atoms with Gasteiger partial charge in [0, 0.05) is 36.0 Å². The van der Waals surface area contributed by atoms with Crippen LogP contribution in [0.1, 0.15) is 10.5 Å². The van der Waals surface area contributed by atoms with Gasteiger partial charge in [-0.1, -0.05) is 12.1 Å². The van der Waals surface area contributed by atoms with Crippen LogP contribution in [-0.4, -0.2) is 40.1 Å². The van der Waals surface area contributed by atoms with E-state index in [0.717, 1.165) is 10.4 Å². The van der Waals surface area contributed by atoms with E-state index in [-0.39, 0.29) is 15.5 Å². The molecule has 2 aromatic carbocycles. The summed E-state index contributed by atoms with van der Waals surface area (Å²) in [5.74, 6) is -0.468. The Labute approximate surface area is 191 Å². The number of amides is 1. The van der Waals surface area contributed by atoms with Gasteiger partial charge in [-0.2, -0.15) is 4.21 Å². The van der Waals surface area contributed by atoms with Crippen molar-refractivity contribution in [3.8, 4) is 0 Å². The van der Waals surface area contributed by atoms with E-state index >= 15 is 0 Å². The van der Waals surface area contributed by atoms with Gasteiger partial charge in [-0.15, -0.1) is 4.28 Å². The average molecular weight is 487 g/mol. The Morgan fingerprint density at radius 2 is 1.91 bits per heavy atom. The Hall–Kier alpha value is -3.58. The molecule has 12 heteroatoms. The molecule has 2 heterocycles. The number of hydrogen-bond acceptors (Lipinski definition) is 7. The van der Waals surface area contributed by atoms with E-state index in [1.807, 2.05) is 0 Å². The third-order valence-electron chi connectivity index (χ3n) is 4.74. The largest absolute Gasteiger partial charge is 0.350 e. The Kier molecular flexibility index (Phi) is 6.24. The molecule has 0 saturated carbocycles. The molecule has 1 amide bonds. The number of aromatic nitrogens is 2. The van der Waals surface area contributed by atoms with Crippen LogP contribution in [0.25, 0.3) is 10.9 Å². The number of rotatable bonds is 7. The van der Waals surface area contributed by atoms with E-state index in [2.05, 4.69) is 15.3 Å². The van der Waals surface area contributed by atoms with Crippen LogP contribution >= 0.6 is 0 Å². The number of carbonyl (C=O) groups excluding carboxylic acids is 1. The third-order valence-corrected chi connectivity index (χ3v) is 6.82. The second-order valence-electron chi connectivity index (χ2n) is 6.92. The van der Waals surface area contributed by atoms with Crippen molar-refractivity contribution in [3.63, 3.8) is 0 Å². The highest BCUT2D eigenvalue weighted by Gasteiger charge is 2.19. The molecule has 0 aliphatic carbocycles. The van der Waals surface area contributed by atoms with Crippen LogP contribution in [0.4, 0.5) is 11.4 Å². The number of hydrogen-bond donors (Lipinski definition) is 3. The van der Waals surface area contributed by atoms with Gasteiger partial charge in [0.1, 0.15) is 5.69 Å². The van der Waals surface area contributed by atoms with Crippen LogP contribution < -0.4 is 10.4 Å². The number of fused-ring (bicyclic) bond motifs is 1. The van der Waals surface area contributed by atoms with Crippen molar-refractivity contribution in [1.29, 1.82) is 0 Å². The summed E-state index contributed by atoms with van der Waals surface area (Å²) >= 11 is -2.47. The molecule has 10 nitrogen and oxygen atoms in total. The molecule has 1 unspecified atom stereocenters. The third kappa shape index (κ3) is 4.93. The number of nitrogens with one attached hydrogen (secondary N) is 2. The van der Waals surface area contributed by atoms with Gasteiger partial charge in [0.05, 0.1) is 15.5 Å². The van der Waals surface area contributed by atoms with Crippen molar-refractivity contribution in [3.05, 3.63) is 78.8 Å². The number of nitrogens with zero attached hydrogens (tertiary/aromatic N) is 2. The number of carbonyl (C=O) groups is 1. The number of H-pyrrole nitrogens is 1. The van der Waals surface area contributed by atoms with Crippen molar-refractivity contribution in [2.45, 2.75) is 9.79 Å². The quantitative estimate of drug-likeness (QED) is 0.267. The molecule has 3 N–H and O–H groups in total. The molecule has 0 saturated heterocycles. The van der Waals surface area contributed by atoms with Crippen LogP contribution in [0.15, 0.2) is 82.8 Å². The van der Waals surface area contributed by atoms with E-state index < -0.39 is 27.1 Å². The molecule has 1 atom stereocenters. The molecule has 2 aromatic heterocycles. The predicted octanol–water partition coefficient (Wildman–Crippen LogP) is 3.15. The van der Waals surface area contributed by atoms with Crippen molar-refractivity contribution in [2.24, 2.45) is 0 Å². The van der Waals surface area contributed by atoms with Gasteiger partial charge in [0.2, 0.25) is 9.84 Å². The molecule has 0 spiro atoms. The Morgan fingerprint density at radius 3 is 2.64 bits per heavy atom. The van der Waals surface area contributed by atoms with Crippen molar-refractivity contribution in [2.75, 3.05) is 17.4 Å². The van der Waals surface area contributed by atoms with Gasteiger partial charge < -0.3 is 10.3 Å². The first-order chi connectivity index (χ1) is 15.7. The van der Waals surface area contributed by atoms with E-state index in [1.54, 1.807) is 30.3 Å². The fourth-order valence-corrected chi connectivity index (χ4v) is 4.70. The summed E-state index contributed by atoms with van der Waals surface area (Å²) in [5.41, 5.74) is 1.65. The average Bonchev–Trinajstić information content (AvgIpc) is 3.23. The topological polar surface area (TPSA) is 142 Å². The number of sulfone groups is 1. The highest BCUT2D eigenvalue weighted by Crippen LogP contribution is 2.25. The highest BCUT2D eigenvalue weighted by molar-refractivity contribution is 7.91. The van der Waals surface area contributed by atoms with Crippen molar-refractivity contribution < 1.29 is 26.3 Å². The second-order valence-corrected chi connectivity index (χ2v) is 9.45. The van der Waals surface area contributed by atoms with Crippen molar-refractivity contribution in [1.82, 2.24) is 9.97 Å². The van der Waals surface area contributed by atoms with E-state index in [9.17, 15) is 17.4 Å². The number of benzene rings is 2. The first kappa shape index (κ1) is 22.6. The minimum absolute atomic E-state index is 0.0268. The minimum atomic E-state index is -3.78. The number of anilines is 2. The lowest BCUT2D eigenvalue weighted by Crippen LogP contribution is -2.18. The molecule has 0 radical (unpaired) electrons. The number of hydroxylamine groups is 1. The van der Waals surface area contributed by atoms with Gasteiger partial charge in [-0.3, -0.25) is 14.3 Å². The molecule has 0 bridgehead atoms. The predicted molar refractivity (Wildman–Crippen MR) is 123 cm³/mol. The van der Waals surface area contributed by atoms with Gasteiger partial charge in [0.25, 0.3) is 5.91 Å². The summed E-state index contributed by atoms with van der Waals surface area (Å²) in [6.45, 7) is 0. The number of aromatic amines is 1. The van der Waals surface area contributed by atoms with Gasteiger partial charge in [-0.05, 0) is 48.5 Å². The Balaban J connectivity index is 1.56. The number of pyridine rings is 1. The molecular weight excluding hydrogens is 468 g/mol. The Bertz CT molecular complexity index is 1450. The van der Waals surface area contributed by atoms with Crippen LogP contribution in [0.3, 0.4) is 0 Å². The normalized spacial score (nSPS) is 12.4. The highest BCUT2D eigenvalue weighted by atomic mass is 32.2. The van der Waals surface area contributed by atoms with Gasteiger partial charge >= 0.3 is 11.4 Å². The summed E-state index contributed by atoms with van der Waals surface area (Å²) in [6.07, 6.45) is 2.75. The Morgan fingerprint density at radius 1 is 1.12 bits per heavy atom. The lowest BCUT2D eigenvalue weighted by atomic mass is 10.2. The SMILES string of the molecule is CN(OS(=O)O)c1ccc2cc(C(=O)Nc3cccc(S(=O)(=O)c4cccnc4)c3)[nH]c2c1. The van der Waals surface area contributed by atoms with Gasteiger partial charge in [-0.25, -0.2) is 13.5 Å². The summed E-state index contributed by atoms with van der Waals surface area (Å²) in [6, 6.07) is 15.6. The van der Waals surface area contributed by atoms with Crippen LogP contribution in [-0.2, 0) is 25.5 Å².